The van der Waals surface area contributed by atoms with Crippen molar-refractivity contribution < 1.29 is 4.79 Å². The zero-order chi connectivity index (χ0) is 17.8. The molecule has 0 fully saturated rings. The summed E-state index contributed by atoms with van der Waals surface area (Å²) in [6.45, 7) is 0. The van der Waals surface area contributed by atoms with Crippen LogP contribution < -0.4 is 0 Å². The van der Waals surface area contributed by atoms with Crippen molar-refractivity contribution in [2.24, 2.45) is 0 Å². The van der Waals surface area contributed by atoms with Crippen LogP contribution in [0.2, 0.25) is 10.0 Å². The predicted octanol–water partition coefficient (Wildman–Crippen LogP) is 6.42. The Hall–Kier alpha value is -2.03. The van der Waals surface area contributed by atoms with Crippen molar-refractivity contribution in [3.05, 3.63) is 86.5 Å². The molecule has 5 rings (SSSR count). The standard InChI is InChI=1S/C22H17Cl2NO/c23-13-9-10-14(19(24)11-13)18-12-21-15-5-1-2-7-17(15)22(26)25(21)20-8-4-3-6-16(18)20/h1-2,5,7,9-12,18H,3-4,6,8H2/t18-/m1/s1. The Morgan fingerprint density at radius 1 is 0.962 bits per heavy atom. The minimum absolute atomic E-state index is 0.0975. The summed E-state index contributed by atoms with van der Waals surface area (Å²) >= 11 is 12.7. The lowest BCUT2D eigenvalue weighted by molar-refractivity contribution is 0.0872. The monoisotopic (exact) mass is 381 g/mol. The first-order valence-corrected chi connectivity index (χ1v) is 9.73. The smallest absolute Gasteiger partial charge is 0.263 e. The van der Waals surface area contributed by atoms with E-state index in [0.717, 1.165) is 48.1 Å². The molecule has 1 amide bonds. The average Bonchev–Trinajstić information content (AvgIpc) is 2.94. The van der Waals surface area contributed by atoms with E-state index in [4.69, 9.17) is 23.2 Å². The summed E-state index contributed by atoms with van der Waals surface area (Å²) < 4.78 is 0. The van der Waals surface area contributed by atoms with E-state index in [1.54, 1.807) is 6.07 Å². The van der Waals surface area contributed by atoms with Crippen molar-refractivity contribution in [3.63, 3.8) is 0 Å². The zero-order valence-electron chi connectivity index (χ0n) is 14.1. The topological polar surface area (TPSA) is 20.3 Å². The summed E-state index contributed by atoms with van der Waals surface area (Å²) in [6.07, 6.45) is 6.42. The Morgan fingerprint density at radius 3 is 2.54 bits per heavy atom. The van der Waals surface area contributed by atoms with Gasteiger partial charge in [0.05, 0.1) is 5.70 Å². The molecule has 0 bridgehead atoms. The van der Waals surface area contributed by atoms with E-state index in [2.05, 4.69) is 6.08 Å². The fraction of sp³-hybridized carbons (Fsp3) is 0.227. The van der Waals surface area contributed by atoms with Gasteiger partial charge in [-0.3, -0.25) is 9.69 Å². The number of amides is 1. The first-order chi connectivity index (χ1) is 12.6. The van der Waals surface area contributed by atoms with Crippen molar-refractivity contribution in [3.8, 4) is 0 Å². The molecule has 0 spiro atoms. The number of rotatable bonds is 1. The maximum atomic E-state index is 13.0. The largest absolute Gasteiger partial charge is 0.280 e. The van der Waals surface area contributed by atoms with Gasteiger partial charge in [0.1, 0.15) is 0 Å². The number of benzene rings is 2. The molecular formula is C22H17Cl2NO. The van der Waals surface area contributed by atoms with Crippen LogP contribution in [0.3, 0.4) is 0 Å². The van der Waals surface area contributed by atoms with Gasteiger partial charge in [-0.05, 0) is 61.1 Å². The van der Waals surface area contributed by atoms with E-state index in [0.29, 0.717) is 10.0 Å². The maximum absolute atomic E-state index is 13.0. The van der Waals surface area contributed by atoms with Crippen LogP contribution in [0, 0.1) is 0 Å². The third-order valence-corrected chi connectivity index (χ3v) is 6.19. The lowest BCUT2D eigenvalue weighted by atomic mass is 9.79. The molecule has 1 atom stereocenters. The highest BCUT2D eigenvalue weighted by atomic mass is 35.5. The van der Waals surface area contributed by atoms with Crippen LogP contribution >= 0.6 is 23.2 Å². The van der Waals surface area contributed by atoms with E-state index >= 15 is 0 Å². The number of nitrogens with zero attached hydrogens (tertiary/aromatic N) is 1. The lowest BCUT2D eigenvalue weighted by Crippen LogP contribution is -2.30. The Labute approximate surface area is 162 Å². The van der Waals surface area contributed by atoms with Gasteiger partial charge in [0.15, 0.2) is 0 Å². The van der Waals surface area contributed by atoms with Gasteiger partial charge in [-0.1, -0.05) is 47.5 Å². The third-order valence-electron chi connectivity index (χ3n) is 5.63. The van der Waals surface area contributed by atoms with E-state index in [1.807, 2.05) is 41.3 Å². The van der Waals surface area contributed by atoms with Crippen molar-refractivity contribution in [1.82, 2.24) is 4.90 Å². The summed E-state index contributed by atoms with van der Waals surface area (Å²) in [5.41, 5.74) is 6.37. The summed E-state index contributed by atoms with van der Waals surface area (Å²) in [4.78, 5) is 15.0. The lowest BCUT2D eigenvalue weighted by Gasteiger charge is -2.36. The summed E-state index contributed by atoms with van der Waals surface area (Å²) in [7, 11) is 0. The van der Waals surface area contributed by atoms with Gasteiger partial charge in [-0.2, -0.15) is 0 Å². The first kappa shape index (κ1) is 16.2. The summed E-state index contributed by atoms with van der Waals surface area (Å²) in [5.74, 6) is 0.196. The Balaban J connectivity index is 1.73. The molecule has 0 aromatic heterocycles. The number of hydrogen-bond acceptors (Lipinski definition) is 1. The molecule has 0 radical (unpaired) electrons. The molecule has 0 unspecified atom stereocenters. The van der Waals surface area contributed by atoms with Crippen LogP contribution in [0.4, 0.5) is 0 Å². The van der Waals surface area contributed by atoms with Crippen LogP contribution in [0.15, 0.2) is 59.8 Å². The van der Waals surface area contributed by atoms with E-state index in [-0.39, 0.29) is 11.8 Å². The van der Waals surface area contributed by atoms with Crippen molar-refractivity contribution in [1.29, 1.82) is 0 Å². The molecule has 2 heterocycles. The van der Waals surface area contributed by atoms with Gasteiger partial charge >= 0.3 is 0 Å². The summed E-state index contributed by atoms with van der Waals surface area (Å²) in [5, 5.41) is 1.32. The van der Waals surface area contributed by atoms with Crippen LogP contribution in [-0.2, 0) is 0 Å². The molecular weight excluding hydrogens is 365 g/mol. The van der Waals surface area contributed by atoms with Crippen molar-refractivity contribution in [2.75, 3.05) is 0 Å². The number of fused-ring (bicyclic) bond motifs is 4. The highest BCUT2D eigenvalue weighted by Gasteiger charge is 2.40. The van der Waals surface area contributed by atoms with Crippen molar-refractivity contribution >= 4 is 34.8 Å². The van der Waals surface area contributed by atoms with Crippen LogP contribution in [0.25, 0.3) is 5.70 Å². The molecule has 2 aromatic carbocycles. The molecule has 130 valence electrons. The first-order valence-electron chi connectivity index (χ1n) is 8.97. The fourth-order valence-electron chi connectivity index (χ4n) is 4.47. The molecule has 3 aliphatic rings. The van der Waals surface area contributed by atoms with Crippen LogP contribution in [-0.4, -0.2) is 10.8 Å². The minimum atomic E-state index is 0.0975. The van der Waals surface area contributed by atoms with E-state index in [9.17, 15) is 4.79 Å². The predicted molar refractivity (Wildman–Crippen MR) is 105 cm³/mol. The molecule has 0 saturated heterocycles. The molecule has 0 N–H and O–H groups in total. The van der Waals surface area contributed by atoms with Gasteiger partial charge in [0.2, 0.25) is 0 Å². The Kier molecular flexibility index (Phi) is 3.73. The third kappa shape index (κ3) is 2.29. The number of carbonyl (C=O) groups is 1. The molecule has 2 nitrogen and oxygen atoms in total. The van der Waals surface area contributed by atoms with Gasteiger partial charge in [0, 0.05) is 32.8 Å². The van der Waals surface area contributed by atoms with E-state index < -0.39 is 0 Å². The number of carbonyl (C=O) groups excluding carboxylic acids is 1. The highest BCUT2D eigenvalue weighted by Crippen LogP contribution is 2.50. The van der Waals surface area contributed by atoms with Crippen molar-refractivity contribution in [2.45, 2.75) is 31.6 Å². The molecule has 1 aliphatic carbocycles. The quantitative estimate of drug-likeness (QED) is 0.558. The van der Waals surface area contributed by atoms with Crippen LogP contribution in [0.5, 0.6) is 0 Å². The van der Waals surface area contributed by atoms with Gasteiger partial charge in [-0.25, -0.2) is 0 Å². The molecule has 2 aromatic rings. The second kappa shape index (κ2) is 6.00. The fourth-order valence-corrected chi connectivity index (χ4v) is 4.99. The minimum Gasteiger partial charge on any atom is -0.280 e. The second-order valence-corrected chi connectivity index (χ2v) is 7.90. The molecule has 26 heavy (non-hydrogen) atoms. The van der Waals surface area contributed by atoms with E-state index in [1.165, 1.54) is 11.3 Å². The number of allylic oxidation sites excluding steroid dienone is 3. The second-order valence-electron chi connectivity index (χ2n) is 7.06. The van der Waals surface area contributed by atoms with Crippen LogP contribution in [0.1, 0.15) is 53.1 Å². The summed E-state index contributed by atoms with van der Waals surface area (Å²) in [6, 6.07) is 13.6. The van der Waals surface area contributed by atoms with Gasteiger partial charge in [0.25, 0.3) is 5.91 Å². The molecule has 0 saturated carbocycles. The normalized spacial score (nSPS) is 21.3. The van der Waals surface area contributed by atoms with Gasteiger partial charge < -0.3 is 0 Å². The average molecular weight is 382 g/mol. The molecule has 4 heteroatoms. The Bertz CT molecular complexity index is 1000. The SMILES string of the molecule is O=C1c2ccccc2C2=C[C@H](c3ccc(Cl)cc3Cl)C3=C(CCCC3)N12. The zero-order valence-corrected chi connectivity index (χ0v) is 15.6. The maximum Gasteiger partial charge on any atom is 0.263 e. The Morgan fingerprint density at radius 2 is 1.73 bits per heavy atom. The van der Waals surface area contributed by atoms with Gasteiger partial charge in [-0.15, -0.1) is 0 Å². The number of hydrogen-bond donors (Lipinski definition) is 0. The molecule has 2 aliphatic heterocycles. The number of halogens is 2. The highest BCUT2D eigenvalue weighted by molar-refractivity contribution is 6.35.